The smallest absolute Gasteiger partial charge is 0.0546 e. The molecule has 0 spiro atoms. The van der Waals surface area contributed by atoms with E-state index < -0.39 is 0 Å². The summed E-state index contributed by atoms with van der Waals surface area (Å²) in [7, 11) is 0. The summed E-state index contributed by atoms with van der Waals surface area (Å²) in [6.07, 6.45) is 0. The molecule has 1 aliphatic heterocycles. The van der Waals surface area contributed by atoms with Gasteiger partial charge >= 0.3 is 0 Å². The second kappa shape index (κ2) is 10.8. The van der Waals surface area contributed by atoms with Crippen molar-refractivity contribution in [1.82, 2.24) is 0 Å². The Labute approximate surface area is 269 Å². The predicted molar refractivity (Wildman–Crippen MR) is 195 cm³/mol. The van der Waals surface area contributed by atoms with Crippen molar-refractivity contribution in [2.45, 2.75) is 0 Å². The third-order valence-corrected chi connectivity index (χ3v) is 9.07. The van der Waals surface area contributed by atoms with Crippen molar-refractivity contribution in [3.05, 3.63) is 182 Å². The Morgan fingerprint density at radius 1 is 0.348 bits per heavy atom. The molecule has 0 N–H and O–H groups in total. The average Bonchev–Trinajstić information content (AvgIpc) is 3.12. The Bertz CT molecular complexity index is 2320. The summed E-state index contributed by atoms with van der Waals surface area (Å²) in [5, 5.41) is 5.00. The first-order valence-corrected chi connectivity index (χ1v) is 15.8. The molecule has 2 heteroatoms. The topological polar surface area (TPSA) is 6.48 Å². The maximum atomic E-state index is 2.47. The molecule has 216 valence electrons. The normalized spacial score (nSPS) is 11.9. The summed E-state index contributed by atoms with van der Waals surface area (Å²) in [4.78, 5) is 4.83. The van der Waals surface area contributed by atoms with Crippen LogP contribution in [0.1, 0.15) is 0 Å². The van der Waals surface area contributed by atoms with Crippen molar-refractivity contribution in [3.8, 4) is 22.3 Å². The summed E-state index contributed by atoms with van der Waals surface area (Å²) < 4.78 is 0. The van der Waals surface area contributed by atoms with E-state index in [0.29, 0.717) is 0 Å². The van der Waals surface area contributed by atoms with Crippen LogP contribution < -0.4 is 9.80 Å². The molecule has 0 aromatic heterocycles. The highest BCUT2D eigenvalue weighted by Gasteiger charge is 2.27. The van der Waals surface area contributed by atoms with Crippen LogP contribution in [0.3, 0.4) is 0 Å². The maximum absolute atomic E-state index is 2.47. The minimum absolute atomic E-state index is 1.10. The van der Waals surface area contributed by atoms with Crippen molar-refractivity contribution < 1.29 is 0 Å². The van der Waals surface area contributed by atoms with E-state index in [4.69, 9.17) is 0 Å². The van der Waals surface area contributed by atoms with Gasteiger partial charge in [0.15, 0.2) is 0 Å². The quantitative estimate of drug-likeness (QED) is 0.198. The first kappa shape index (κ1) is 26.3. The van der Waals surface area contributed by atoms with Gasteiger partial charge in [-0.2, -0.15) is 0 Å². The summed E-state index contributed by atoms with van der Waals surface area (Å²) in [5.74, 6) is 0. The van der Waals surface area contributed by atoms with Gasteiger partial charge in [-0.05, 0) is 93.5 Å². The van der Waals surface area contributed by atoms with Gasteiger partial charge in [-0.15, -0.1) is 0 Å². The van der Waals surface area contributed by atoms with Crippen molar-refractivity contribution in [2.75, 3.05) is 9.80 Å². The summed E-state index contributed by atoms with van der Waals surface area (Å²) in [6, 6.07) is 65.8. The SMILES string of the molecule is c1ccc(-c2cc(N(c3ccccc3)c3ccccc3)cc(N3c4cc5ccccc5cc4-c4cccc5cccc3c45)c2)cc1. The summed E-state index contributed by atoms with van der Waals surface area (Å²) in [5.41, 5.74) is 11.7. The molecule has 0 bridgehead atoms. The van der Waals surface area contributed by atoms with Gasteiger partial charge in [-0.1, -0.05) is 121 Å². The fourth-order valence-corrected chi connectivity index (χ4v) is 7.02. The fraction of sp³-hybridized carbons (Fsp3) is 0. The van der Waals surface area contributed by atoms with E-state index in [2.05, 4.69) is 192 Å². The van der Waals surface area contributed by atoms with E-state index >= 15 is 0 Å². The standard InChI is InChI=1S/C44H30N2/c1-4-14-31(15-5-1)35-26-38(45(36-20-6-2-7-21-36)37-22-8-3-9-23-37)30-39(27-35)46-42-25-13-19-32-18-12-24-40(44(32)42)41-28-33-16-10-11-17-34(33)29-43(41)46/h1-30H. The summed E-state index contributed by atoms with van der Waals surface area (Å²) >= 11 is 0. The number of benzene rings is 8. The van der Waals surface area contributed by atoms with E-state index in [-0.39, 0.29) is 0 Å². The van der Waals surface area contributed by atoms with Crippen molar-refractivity contribution in [2.24, 2.45) is 0 Å². The molecule has 8 aromatic rings. The second-order valence-corrected chi connectivity index (χ2v) is 11.8. The van der Waals surface area contributed by atoms with Gasteiger partial charge in [0.1, 0.15) is 0 Å². The molecule has 2 nitrogen and oxygen atoms in total. The van der Waals surface area contributed by atoms with Gasteiger partial charge in [0, 0.05) is 33.7 Å². The lowest BCUT2D eigenvalue weighted by molar-refractivity contribution is 1.25. The van der Waals surface area contributed by atoms with Crippen molar-refractivity contribution in [1.29, 1.82) is 0 Å². The number of anilines is 6. The van der Waals surface area contributed by atoms with Gasteiger partial charge in [0.2, 0.25) is 0 Å². The van der Waals surface area contributed by atoms with Crippen LogP contribution in [-0.4, -0.2) is 0 Å². The molecule has 46 heavy (non-hydrogen) atoms. The molecule has 0 amide bonds. The summed E-state index contributed by atoms with van der Waals surface area (Å²) in [6.45, 7) is 0. The first-order chi connectivity index (χ1) is 22.8. The molecular formula is C44H30N2. The highest BCUT2D eigenvalue weighted by atomic mass is 15.2. The Kier molecular flexibility index (Phi) is 6.17. The van der Waals surface area contributed by atoms with Crippen LogP contribution in [-0.2, 0) is 0 Å². The average molecular weight is 587 g/mol. The lowest BCUT2D eigenvalue weighted by atomic mass is 9.89. The molecule has 0 saturated heterocycles. The van der Waals surface area contributed by atoms with Crippen LogP contribution >= 0.6 is 0 Å². The van der Waals surface area contributed by atoms with Gasteiger partial charge in [0.25, 0.3) is 0 Å². The van der Waals surface area contributed by atoms with Gasteiger partial charge in [-0.25, -0.2) is 0 Å². The van der Waals surface area contributed by atoms with E-state index in [1.165, 1.54) is 55.2 Å². The largest absolute Gasteiger partial charge is 0.310 e. The second-order valence-electron chi connectivity index (χ2n) is 11.8. The molecule has 9 rings (SSSR count). The van der Waals surface area contributed by atoms with Crippen molar-refractivity contribution >= 4 is 55.7 Å². The van der Waals surface area contributed by atoms with E-state index in [1.54, 1.807) is 0 Å². The third-order valence-electron chi connectivity index (χ3n) is 9.07. The Balaban J connectivity index is 1.36. The number of para-hydroxylation sites is 2. The molecule has 0 unspecified atom stereocenters. The van der Waals surface area contributed by atoms with Crippen LogP contribution in [0, 0.1) is 0 Å². The molecule has 0 saturated carbocycles. The van der Waals surface area contributed by atoms with Gasteiger partial charge in [0.05, 0.1) is 11.4 Å². The van der Waals surface area contributed by atoms with Crippen molar-refractivity contribution in [3.63, 3.8) is 0 Å². The monoisotopic (exact) mass is 586 g/mol. The van der Waals surface area contributed by atoms with Gasteiger partial charge in [-0.3, -0.25) is 0 Å². The number of rotatable bonds is 5. The highest BCUT2D eigenvalue weighted by molar-refractivity contribution is 6.15. The fourth-order valence-electron chi connectivity index (χ4n) is 7.02. The Hall–Kier alpha value is -6.12. The molecule has 8 aromatic carbocycles. The van der Waals surface area contributed by atoms with Crippen LogP contribution in [0.2, 0.25) is 0 Å². The number of hydrogen-bond donors (Lipinski definition) is 0. The minimum Gasteiger partial charge on any atom is -0.310 e. The molecule has 1 aliphatic rings. The number of hydrogen-bond acceptors (Lipinski definition) is 2. The van der Waals surface area contributed by atoms with Crippen LogP contribution in [0.25, 0.3) is 43.8 Å². The van der Waals surface area contributed by atoms with E-state index in [1.807, 2.05) is 0 Å². The molecule has 0 fully saturated rings. The van der Waals surface area contributed by atoms with Crippen LogP contribution in [0.5, 0.6) is 0 Å². The zero-order chi connectivity index (χ0) is 30.5. The number of nitrogens with zero attached hydrogens (tertiary/aromatic N) is 2. The lowest BCUT2D eigenvalue weighted by Gasteiger charge is -2.35. The van der Waals surface area contributed by atoms with Crippen LogP contribution in [0.4, 0.5) is 34.1 Å². The van der Waals surface area contributed by atoms with Gasteiger partial charge < -0.3 is 9.80 Å². The molecule has 1 heterocycles. The molecular weight excluding hydrogens is 556 g/mol. The minimum atomic E-state index is 1.10. The third kappa shape index (κ3) is 4.35. The van der Waals surface area contributed by atoms with E-state index in [9.17, 15) is 0 Å². The van der Waals surface area contributed by atoms with Crippen LogP contribution in [0.15, 0.2) is 182 Å². The lowest BCUT2D eigenvalue weighted by Crippen LogP contribution is -2.16. The Morgan fingerprint density at radius 2 is 0.935 bits per heavy atom. The highest BCUT2D eigenvalue weighted by Crippen LogP contribution is 2.53. The van der Waals surface area contributed by atoms with E-state index in [0.717, 1.165) is 22.7 Å². The first-order valence-electron chi connectivity index (χ1n) is 15.8. The maximum Gasteiger partial charge on any atom is 0.0546 e. The molecule has 0 atom stereocenters. The zero-order valence-corrected chi connectivity index (χ0v) is 25.2. The molecule has 0 aliphatic carbocycles. The predicted octanol–water partition coefficient (Wildman–Crippen LogP) is 12.6. The zero-order valence-electron chi connectivity index (χ0n) is 25.2. The molecule has 0 radical (unpaired) electrons. The number of fused-ring (bicyclic) bond motifs is 3. The Morgan fingerprint density at radius 3 is 1.63 bits per heavy atom.